The van der Waals surface area contributed by atoms with Crippen molar-refractivity contribution < 1.29 is 0 Å². The number of rotatable bonds is 6. The first kappa shape index (κ1) is 17.1. The van der Waals surface area contributed by atoms with Crippen molar-refractivity contribution in [2.75, 3.05) is 23.7 Å². The van der Waals surface area contributed by atoms with E-state index in [-0.39, 0.29) is 0 Å². The van der Waals surface area contributed by atoms with E-state index >= 15 is 0 Å². The summed E-state index contributed by atoms with van der Waals surface area (Å²) >= 11 is 0. The number of fused-ring (bicyclic) bond motifs is 2. The van der Waals surface area contributed by atoms with Crippen LogP contribution in [0.1, 0.15) is 0 Å². The molecule has 5 rings (SSSR count). The van der Waals surface area contributed by atoms with Gasteiger partial charge in [-0.1, -0.05) is 12.1 Å². The molecule has 0 unspecified atom stereocenters. The van der Waals surface area contributed by atoms with Gasteiger partial charge in [0.15, 0.2) is 5.65 Å². The second-order valence-electron chi connectivity index (χ2n) is 6.55. The topological polar surface area (TPSA) is 133 Å². The van der Waals surface area contributed by atoms with Gasteiger partial charge in [0, 0.05) is 24.3 Å². The van der Waals surface area contributed by atoms with E-state index in [0.29, 0.717) is 30.5 Å². The second kappa shape index (κ2) is 7.21. The molecule has 0 radical (unpaired) electrons. The average molecular weight is 385 g/mol. The fourth-order valence-electron chi connectivity index (χ4n) is 3.13. The molecule has 3 aromatic heterocycles. The third-order valence-corrected chi connectivity index (χ3v) is 4.55. The summed E-state index contributed by atoms with van der Waals surface area (Å²) < 4.78 is 0. The summed E-state index contributed by atoms with van der Waals surface area (Å²) in [4.78, 5) is 16.9. The van der Waals surface area contributed by atoms with Crippen LogP contribution in [0.15, 0.2) is 54.7 Å². The number of aromatic amines is 2. The molecule has 0 spiro atoms. The minimum atomic E-state index is 0.494. The summed E-state index contributed by atoms with van der Waals surface area (Å²) in [6, 6.07) is 16.0. The molecule has 0 fully saturated rings. The molecule has 0 aliphatic rings. The average Bonchev–Trinajstić information content (AvgIpc) is 3.39. The van der Waals surface area contributed by atoms with Crippen molar-refractivity contribution in [3.8, 4) is 11.4 Å². The van der Waals surface area contributed by atoms with E-state index < -0.39 is 0 Å². The van der Waals surface area contributed by atoms with Gasteiger partial charge in [-0.3, -0.25) is 5.10 Å². The smallest absolute Gasteiger partial charge is 0.226 e. The lowest BCUT2D eigenvalue weighted by atomic mass is 10.2. The van der Waals surface area contributed by atoms with Crippen molar-refractivity contribution in [3.05, 3.63) is 54.7 Å². The Morgan fingerprint density at radius 2 is 1.83 bits per heavy atom. The molecule has 5 aromatic rings. The number of hydrogen-bond donors (Lipinski definition) is 5. The Hall–Kier alpha value is -3.98. The van der Waals surface area contributed by atoms with Crippen LogP contribution in [-0.2, 0) is 0 Å². The van der Waals surface area contributed by atoms with Crippen molar-refractivity contribution in [1.29, 1.82) is 0 Å². The number of nitrogens with one attached hydrogen (secondary N) is 4. The van der Waals surface area contributed by atoms with Crippen LogP contribution in [0.2, 0.25) is 0 Å². The molecular weight excluding hydrogens is 366 g/mol. The van der Waals surface area contributed by atoms with Gasteiger partial charge in [0.25, 0.3) is 0 Å². The highest BCUT2D eigenvalue weighted by Gasteiger charge is 2.10. The molecule has 2 aromatic carbocycles. The van der Waals surface area contributed by atoms with Gasteiger partial charge in [0.05, 0.1) is 22.6 Å². The number of H-pyrrole nitrogens is 2. The highest BCUT2D eigenvalue weighted by molar-refractivity contribution is 5.89. The maximum Gasteiger partial charge on any atom is 0.226 e. The van der Waals surface area contributed by atoms with Crippen molar-refractivity contribution in [3.63, 3.8) is 0 Å². The van der Waals surface area contributed by atoms with Crippen molar-refractivity contribution in [2.45, 2.75) is 0 Å². The first-order valence-electron chi connectivity index (χ1n) is 9.27. The summed E-state index contributed by atoms with van der Waals surface area (Å²) in [7, 11) is 0. The SMILES string of the molecule is NCCNc1nc(Nc2ccc(-c3nc4ccccc4[nH]3)cc2)c2cn[nH]c2n1. The zero-order valence-corrected chi connectivity index (χ0v) is 15.5. The molecule has 6 N–H and O–H groups in total. The number of imidazole rings is 1. The summed E-state index contributed by atoms with van der Waals surface area (Å²) in [6.45, 7) is 1.08. The largest absolute Gasteiger partial charge is 0.353 e. The van der Waals surface area contributed by atoms with Crippen LogP contribution in [0.4, 0.5) is 17.5 Å². The third-order valence-electron chi connectivity index (χ3n) is 4.55. The van der Waals surface area contributed by atoms with Crippen LogP contribution in [0.3, 0.4) is 0 Å². The normalized spacial score (nSPS) is 11.2. The Labute approximate surface area is 165 Å². The number of nitrogens with two attached hydrogens (primary N) is 1. The van der Waals surface area contributed by atoms with E-state index in [0.717, 1.165) is 33.5 Å². The van der Waals surface area contributed by atoms with Crippen molar-refractivity contribution >= 4 is 39.5 Å². The Morgan fingerprint density at radius 1 is 0.966 bits per heavy atom. The van der Waals surface area contributed by atoms with E-state index in [1.165, 1.54) is 0 Å². The van der Waals surface area contributed by atoms with Gasteiger partial charge in [0.1, 0.15) is 11.6 Å². The zero-order valence-electron chi connectivity index (χ0n) is 15.5. The van der Waals surface area contributed by atoms with Crippen molar-refractivity contribution in [2.24, 2.45) is 5.73 Å². The number of para-hydroxylation sites is 2. The predicted octanol–water partition coefficient (Wildman–Crippen LogP) is 3.01. The maximum absolute atomic E-state index is 5.56. The minimum Gasteiger partial charge on any atom is -0.353 e. The summed E-state index contributed by atoms with van der Waals surface area (Å²) in [5.74, 6) is 2.00. The zero-order chi connectivity index (χ0) is 19.6. The number of nitrogens with zero attached hydrogens (tertiary/aromatic N) is 4. The van der Waals surface area contributed by atoms with Crippen LogP contribution in [0, 0.1) is 0 Å². The molecule has 144 valence electrons. The fraction of sp³-hybridized carbons (Fsp3) is 0.100. The molecule has 0 saturated carbocycles. The summed E-state index contributed by atoms with van der Waals surface area (Å²) in [5, 5.41) is 14.2. The third kappa shape index (κ3) is 3.34. The number of hydrogen-bond acceptors (Lipinski definition) is 7. The van der Waals surface area contributed by atoms with Crippen LogP contribution >= 0.6 is 0 Å². The molecule has 0 atom stereocenters. The molecule has 29 heavy (non-hydrogen) atoms. The Morgan fingerprint density at radius 3 is 2.66 bits per heavy atom. The molecule has 9 heteroatoms. The van der Waals surface area contributed by atoms with Gasteiger partial charge >= 0.3 is 0 Å². The molecule has 0 aliphatic carbocycles. The second-order valence-corrected chi connectivity index (χ2v) is 6.55. The molecule has 9 nitrogen and oxygen atoms in total. The quantitative estimate of drug-likeness (QED) is 0.303. The number of anilines is 3. The fourth-order valence-corrected chi connectivity index (χ4v) is 3.13. The van der Waals surface area contributed by atoms with Gasteiger partial charge in [-0.2, -0.15) is 15.1 Å². The molecule has 0 saturated heterocycles. The molecule has 0 amide bonds. The number of aromatic nitrogens is 6. The Balaban J connectivity index is 1.43. The standard InChI is InChI=1S/C20H19N9/c21-9-10-22-20-27-18(14-11-23-29-19(14)28-20)24-13-7-5-12(6-8-13)17-25-15-3-1-2-4-16(15)26-17/h1-8,11H,9-10,21H2,(H,25,26)(H3,22,23,24,27,28,29). The van der Waals surface area contributed by atoms with Crippen LogP contribution < -0.4 is 16.4 Å². The van der Waals surface area contributed by atoms with E-state index in [2.05, 4.69) is 40.8 Å². The maximum atomic E-state index is 5.56. The van der Waals surface area contributed by atoms with Gasteiger partial charge in [0.2, 0.25) is 5.95 Å². The molecular formula is C20H19N9. The molecule has 3 heterocycles. The Kier molecular flexibility index (Phi) is 4.26. The van der Waals surface area contributed by atoms with Gasteiger partial charge < -0.3 is 21.4 Å². The van der Waals surface area contributed by atoms with E-state index in [1.54, 1.807) is 6.20 Å². The first-order chi connectivity index (χ1) is 14.3. The molecule has 0 aliphatic heterocycles. The minimum absolute atomic E-state index is 0.494. The monoisotopic (exact) mass is 385 g/mol. The van der Waals surface area contributed by atoms with Gasteiger partial charge in [-0.25, -0.2) is 4.98 Å². The van der Waals surface area contributed by atoms with Crippen LogP contribution in [0.5, 0.6) is 0 Å². The highest BCUT2D eigenvalue weighted by atomic mass is 15.2. The molecule has 0 bridgehead atoms. The highest BCUT2D eigenvalue weighted by Crippen LogP contribution is 2.26. The van der Waals surface area contributed by atoms with E-state index in [4.69, 9.17) is 5.73 Å². The van der Waals surface area contributed by atoms with E-state index in [1.807, 2.05) is 48.5 Å². The van der Waals surface area contributed by atoms with E-state index in [9.17, 15) is 0 Å². The van der Waals surface area contributed by atoms with Crippen LogP contribution in [0.25, 0.3) is 33.5 Å². The summed E-state index contributed by atoms with van der Waals surface area (Å²) in [5.41, 5.74) is 10.1. The summed E-state index contributed by atoms with van der Waals surface area (Å²) in [6.07, 6.45) is 1.70. The van der Waals surface area contributed by atoms with Gasteiger partial charge in [-0.05, 0) is 36.4 Å². The van der Waals surface area contributed by atoms with Crippen LogP contribution in [-0.4, -0.2) is 43.2 Å². The lowest BCUT2D eigenvalue weighted by molar-refractivity contribution is 0.992. The lowest BCUT2D eigenvalue weighted by Gasteiger charge is -2.10. The first-order valence-corrected chi connectivity index (χ1v) is 9.27. The predicted molar refractivity (Wildman–Crippen MR) is 114 cm³/mol. The Bertz CT molecular complexity index is 1240. The number of benzene rings is 2. The lowest BCUT2D eigenvalue weighted by Crippen LogP contribution is -2.15. The van der Waals surface area contributed by atoms with Crippen molar-refractivity contribution in [1.82, 2.24) is 30.1 Å². The van der Waals surface area contributed by atoms with Gasteiger partial charge in [-0.15, -0.1) is 0 Å².